The molecular formula is C16H23FN4OS. The molecule has 1 saturated carbocycles. The first-order chi connectivity index (χ1) is 11.1. The monoisotopic (exact) mass is 338 g/mol. The Morgan fingerprint density at radius 3 is 2.65 bits per heavy atom. The molecule has 2 aromatic heterocycles. The summed E-state index contributed by atoms with van der Waals surface area (Å²) in [5.41, 5.74) is 6.88. The van der Waals surface area contributed by atoms with Crippen molar-refractivity contribution in [1.29, 1.82) is 0 Å². The van der Waals surface area contributed by atoms with E-state index in [-0.39, 0.29) is 17.9 Å². The number of hydrogen-bond acceptors (Lipinski definition) is 5. The highest BCUT2D eigenvalue weighted by atomic mass is 32.2. The number of aromatic nitrogens is 3. The van der Waals surface area contributed by atoms with E-state index >= 15 is 0 Å². The van der Waals surface area contributed by atoms with E-state index in [4.69, 9.17) is 10.8 Å². The van der Waals surface area contributed by atoms with Crippen molar-refractivity contribution >= 4 is 23.2 Å². The van der Waals surface area contributed by atoms with E-state index in [0.29, 0.717) is 11.4 Å². The average molecular weight is 338 g/mol. The lowest BCUT2D eigenvalue weighted by atomic mass is 10.1. The van der Waals surface area contributed by atoms with Gasteiger partial charge in [-0.3, -0.25) is 0 Å². The number of aliphatic hydroxyl groups is 1. The number of anilines is 1. The van der Waals surface area contributed by atoms with Gasteiger partial charge < -0.3 is 10.8 Å². The molecule has 0 radical (unpaired) electrons. The molecule has 0 bridgehead atoms. The zero-order valence-corrected chi connectivity index (χ0v) is 13.9. The summed E-state index contributed by atoms with van der Waals surface area (Å²) in [6, 6.07) is 1.57. The van der Waals surface area contributed by atoms with Gasteiger partial charge >= 0.3 is 0 Å². The molecule has 0 spiro atoms. The van der Waals surface area contributed by atoms with Crippen molar-refractivity contribution in [2.24, 2.45) is 0 Å². The van der Waals surface area contributed by atoms with Crippen LogP contribution in [0.2, 0.25) is 0 Å². The minimum Gasteiger partial charge on any atom is -0.392 e. The van der Waals surface area contributed by atoms with Gasteiger partial charge in [0, 0.05) is 17.4 Å². The Morgan fingerprint density at radius 1 is 1.26 bits per heavy atom. The van der Waals surface area contributed by atoms with Gasteiger partial charge in [0.25, 0.3) is 0 Å². The van der Waals surface area contributed by atoms with Crippen molar-refractivity contribution < 1.29 is 9.50 Å². The maximum atomic E-state index is 13.7. The van der Waals surface area contributed by atoms with Gasteiger partial charge in [0.2, 0.25) is 5.95 Å². The lowest BCUT2D eigenvalue weighted by Gasteiger charge is -2.14. The van der Waals surface area contributed by atoms with Crippen LogP contribution < -0.4 is 5.73 Å². The van der Waals surface area contributed by atoms with Crippen molar-refractivity contribution in [2.45, 2.75) is 50.5 Å². The molecule has 3 N–H and O–H groups in total. The van der Waals surface area contributed by atoms with Gasteiger partial charge in [0.15, 0.2) is 5.82 Å². The Kier molecular flexibility index (Phi) is 5.38. The van der Waals surface area contributed by atoms with Crippen LogP contribution in [0.4, 0.5) is 10.3 Å². The van der Waals surface area contributed by atoms with E-state index in [1.165, 1.54) is 31.2 Å². The second-order valence-electron chi connectivity index (χ2n) is 6.18. The van der Waals surface area contributed by atoms with E-state index in [1.807, 2.05) is 11.8 Å². The lowest BCUT2D eigenvalue weighted by Crippen LogP contribution is -2.14. The zero-order valence-electron chi connectivity index (χ0n) is 13.1. The predicted octanol–water partition coefficient (Wildman–Crippen LogP) is 2.98. The fourth-order valence-corrected chi connectivity index (χ4v) is 4.20. The van der Waals surface area contributed by atoms with Crippen LogP contribution in [0.15, 0.2) is 12.3 Å². The van der Waals surface area contributed by atoms with Crippen LogP contribution in [0.5, 0.6) is 0 Å². The first-order valence-electron chi connectivity index (χ1n) is 8.20. The van der Waals surface area contributed by atoms with Gasteiger partial charge in [-0.1, -0.05) is 12.8 Å². The third-order valence-electron chi connectivity index (χ3n) is 4.42. The average Bonchev–Trinajstić information content (AvgIpc) is 3.17. The van der Waals surface area contributed by atoms with Crippen LogP contribution in [0.3, 0.4) is 0 Å². The van der Waals surface area contributed by atoms with Gasteiger partial charge in [-0.2, -0.15) is 11.8 Å². The molecule has 2 fully saturated rings. The number of thioether (sulfide) groups is 1. The number of nitrogens with two attached hydrogens (primary N) is 1. The third-order valence-corrected chi connectivity index (χ3v) is 5.62. The largest absolute Gasteiger partial charge is 0.392 e. The minimum absolute atomic E-state index is 0.00116. The Hall–Kier alpha value is -1.34. The normalized spacial score (nSPS) is 22.1. The van der Waals surface area contributed by atoms with Crippen LogP contribution in [-0.2, 0) is 0 Å². The van der Waals surface area contributed by atoms with E-state index in [1.54, 1.807) is 10.6 Å². The van der Waals surface area contributed by atoms with Crippen molar-refractivity contribution in [2.75, 3.05) is 17.2 Å². The molecule has 5 nitrogen and oxygen atoms in total. The van der Waals surface area contributed by atoms with E-state index < -0.39 is 0 Å². The summed E-state index contributed by atoms with van der Waals surface area (Å²) in [6.45, 7) is 0. The third kappa shape index (κ3) is 3.95. The molecule has 4 rings (SSSR count). The maximum absolute atomic E-state index is 13.7. The Labute approximate surface area is 139 Å². The van der Waals surface area contributed by atoms with Crippen molar-refractivity contribution in [1.82, 2.24) is 14.6 Å². The predicted molar refractivity (Wildman–Crippen MR) is 91.1 cm³/mol. The second-order valence-corrected chi connectivity index (χ2v) is 7.33. The topological polar surface area (TPSA) is 76.4 Å². The van der Waals surface area contributed by atoms with Crippen molar-refractivity contribution in [3.8, 4) is 0 Å². The molecule has 3 heterocycles. The van der Waals surface area contributed by atoms with E-state index in [9.17, 15) is 4.39 Å². The van der Waals surface area contributed by atoms with E-state index in [0.717, 1.165) is 30.7 Å². The van der Waals surface area contributed by atoms with Crippen LogP contribution in [0, 0.1) is 5.82 Å². The van der Waals surface area contributed by atoms with Gasteiger partial charge in [-0.25, -0.2) is 13.9 Å². The molecule has 1 aliphatic heterocycles. The summed E-state index contributed by atoms with van der Waals surface area (Å²) in [5, 5.41) is 13.0. The van der Waals surface area contributed by atoms with Crippen LogP contribution in [0.25, 0.3) is 5.52 Å². The fraction of sp³-hybridized carbons (Fsp3) is 0.625. The summed E-state index contributed by atoms with van der Waals surface area (Å²) in [5.74, 6) is 2.53. The molecule has 2 aromatic rings. The Balaban J connectivity index is 0.000000188. The SMILES string of the molecule is Nc1ncc2c(F)cc(C3CCCC3)n2n1.OC1CCCSC1. The molecule has 23 heavy (non-hydrogen) atoms. The van der Waals surface area contributed by atoms with Crippen LogP contribution in [0.1, 0.15) is 50.1 Å². The highest BCUT2D eigenvalue weighted by molar-refractivity contribution is 7.99. The molecule has 1 aliphatic carbocycles. The summed E-state index contributed by atoms with van der Waals surface area (Å²) in [4.78, 5) is 3.81. The standard InChI is InChI=1S/C11H13FN4.C5H10OS/c12-8-5-9(7-3-1-2-4-7)16-10(8)6-14-11(13)15-16;6-5-2-1-3-7-4-5/h5-7H,1-4H2,(H2,13,15);5-6H,1-4H2. The first-order valence-corrected chi connectivity index (χ1v) is 9.36. The summed E-state index contributed by atoms with van der Waals surface area (Å²) in [7, 11) is 0. The van der Waals surface area contributed by atoms with Crippen LogP contribution in [-0.4, -0.2) is 37.3 Å². The number of hydrogen-bond donors (Lipinski definition) is 2. The zero-order chi connectivity index (χ0) is 16.2. The molecule has 7 heteroatoms. The Bertz CT molecular complexity index is 651. The lowest BCUT2D eigenvalue weighted by molar-refractivity contribution is 0.185. The molecule has 2 aliphatic rings. The summed E-state index contributed by atoms with van der Waals surface area (Å²) >= 11 is 1.85. The van der Waals surface area contributed by atoms with Crippen molar-refractivity contribution in [3.63, 3.8) is 0 Å². The van der Waals surface area contributed by atoms with Crippen molar-refractivity contribution in [3.05, 3.63) is 23.8 Å². The Morgan fingerprint density at radius 2 is 2.04 bits per heavy atom. The smallest absolute Gasteiger partial charge is 0.238 e. The fourth-order valence-electron chi connectivity index (χ4n) is 3.22. The van der Waals surface area contributed by atoms with E-state index in [2.05, 4.69) is 10.1 Å². The quantitative estimate of drug-likeness (QED) is 0.836. The molecule has 1 saturated heterocycles. The molecule has 126 valence electrons. The van der Waals surface area contributed by atoms with Gasteiger partial charge in [0.1, 0.15) is 5.52 Å². The molecule has 1 unspecified atom stereocenters. The number of halogens is 1. The van der Waals surface area contributed by atoms with Gasteiger partial charge in [0.05, 0.1) is 12.3 Å². The number of fused-ring (bicyclic) bond motifs is 1. The number of rotatable bonds is 1. The highest BCUT2D eigenvalue weighted by Crippen LogP contribution is 2.35. The summed E-state index contributed by atoms with van der Waals surface area (Å²) < 4.78 is 15.3. The minimum atomic E-state index is -0.262. The van der Waals surface area contributed by atoms with Crippen LogP contribution >= 0.6 is 11.8 Å². The first kappa shape index (κ1) is 16.5. The molecule has 1 atom stereocenters. The maximum Gasteiger partial charge on any atom is 0.238 e. The molecule has 0 aromatic carbocycles. The number of nitrogens with zero attached hydrogens (tertiary/aromatic N) is 3. The number of aliphatic hydroxyl groups excluding tert-OH is 1. The number of nitrogen functional groups attached to an aromatic ring is 1. The summed E-state index contributed by atoms with van der Waals surface area (Å²) in [6.07, 6.45) is 8.29. The molecular weight excluding hydrogens is 315 g/mol. The highest BCUT2D eigenvalue weighted by Gasteiger charge is 2.22. The molecule has 0 amide bonds. The van der Waals surface area contributed by atoms with Gasteiger partial charge in [-0.05, 0) is 37.5 Å². The second kappa shape index (κ2) is 7.49. The van der Waals surface area contributed by atoms with Gasteiger partial charge in [-0.15, -0.1) is 5.10 Å².